The smallest absolute Gasteiger partial charge is 0.237 e. The van der Waals surface area contributed by atoms with Crippen LogP contribution in [0.2, 0.25) is 0 Å². The molecule has 2 atom stereocenters. The Bertz CT molecular complexity index is 392. The second-order valence-electron chi connectivity index (χ2n) is 7.72. The van der Waals surface area contributed by atoms with Gasteiger partial charge in [-0.3, -0.25) is 9.69 Å². The van der Waals surface area contributed by atoms with Gasteiger partial charge in [-0.2, -0.15) is 0 Å². The van der Waals surface area contributed by atoms with E-state index in [9.17, 15) is 4.79 Å². The summed E-state index contributed by atoms with van der Waals surface area (Å²) in [5.41, 5.74) is 0. The van der Waals surface area contributed by atoms with Gasteiger partial charge in [0.1, 0.15) is 0 Å². The molecule has 1 saturated carbocycles. The van der Waals surface area contributed by atoms with E-state index in [0.29, 0.717) is 43.3 Å². The van der Waals surface area contributed by atoms with Crippen LogP contribution in [0.3, 0.4) is 0 Å². The number of hydrogen-bond donors (Lipinski definition) is 1. The summed E-state index contributed by atoms with van der Waals surface area (Å²) in [4.78, 5) is 17.3. The van der Waals surface area contributed by atoms with Gasteiger partial charge in [0.05, 0.1) is 25.3 Å². The molecular formula is C18H33N3O2. The molecular weight excluding hydrogens is 290 g/mol. The van der Waals surface area contributed by atoms with Crippen molar-refractivity contribution in [2.24, 2.45) is 0 Å². The van der Waals surface area contributed by atoms with Crippen LogP contribution >= 0.6 is 0 Å². The highest BCUT2D eigenvalue weighted by atomic mass is 16.5. The lowest BCUT2D eigenvalue weighted by atomic mass is 9.90. The Morgan fingerprint density at radius 2 is 1.87 bits per heavy atom. The number of likely N-dealkylation sites (tertiary alicyclic amines) is 1. The maximum Gasteiger partial charge on any atom is 0.237 e. The molecule has 0 spiro atoms. The minimum atomic E-state index is 0.294. The first kappa shape index (κ1) is 17.2. The predicted molar refractivity (Wildman–Crippen MR) is 91.4 cm³/mol. The molecule has 2 heterocycles. The molecule has 2 saturated heterocycles. The van der Waals surface area contributed by atoms with Crippen LogP contribution in [0.1, 0.15) is 52.4 Å². The molecule has 132 valence electrons. The molecule has 5 nitrogen and oxygen atoms in total. The molecule has 0 aromatic carbocycles. The molecule has 2 aliphatic heterocycles. The number of piperidine rings is 1. The standard InChI is InChI=1S/C18H33N3O2/c1-14(2)19-15-7-9-20(10-8-15)13-18(22)21-11-12-23-17-6-4-3-5-16(17)21/h14-17,19H,3-13H2,1-2H3/t16-,17+/m1/s1. The largest absolute Gasteiger partial charge is 0.374 e. The van der Waals surface area contributed by atoms with Gasteiger partial charge in [-0.25, -0.2) is 0 Å². The summed E-state index contributed by atoms with van der Waals surface area (Å²) in [5, 5.41) is 3.62. The average Bonchev–Trinajstić information content (AvgIpc) is 2.55. The van der Waals surface area contributed by atoms with Crippen molar-refractivity contribution in [3.63, 3.8) is 0 Å². The fourth-order valence-corrected chi connectivity index (χ4v) is 4.42. The fraction of sp³-hybridized carbons (Fsp3) is 0.944. The van der Waals surface area contributed by atoms with Gasteiger partial charge in [-0.15, -0.1) is 0 Å². The molecule has 23 heavy (non-hydrogen) atoms. The third-order valence-corrected chi connectivity index (χ3v) is 5.57. The second kappa shape index (κ2) is 7.95. The lowest BCUT2D eigenvalue weighted by molar-refractivity contribution is -0.150. The predicted octanol–water partition coefficient (Wildman–Crippen LogP) is 1.62. The van der Waals surface area contributed by atoms with Crippen LogP contribution in [0.25, 0.3) is 0 Å². The maximum atomic E-state index is 12.8. The van der Waals surface area contributed by atoms with Crippen LogP contribution in [0.5, 0.6) is 0 Å². The first-order valence-corrected chi connectivity index (χ1v) is 9.53. The van der Waals surface area contributed by atoms with Crippen molar-refractivity contribution < 1.29 is 9.53 Å². The Kier molecular flexibility index (Phi) is 5.94. The summed E-state index contributed by atoms with van der Waals surface area (Å²) in [6.45, 7) is 8.57. The number of fused-ring (bicyclic) bond motifs is 1. The third-order valence-electron chi connectivity index (χ3n) is 5.57. The summed E-state index contributed by atoms with van der Waals surface area (Å²) in [6.07, 6.45) is 7.33. The topological polar surface area (TPSA) is 44.8 Å². The lowest BCUT2D eigenvalue weighted by Gasteiger charge is -2.44. The zero-order valence-corrected chi connectivity index (χ0v) is 14.8. The molecule has 0 aromatic rings. The molecule has 1 aliphatic carbocycles. The number of hydrogen-bond acceptors (Lipinski definition) is 4. The van der Waals surface area contributed by atoms with Crippen molar-refractivity contribution >= 4 is 5.91 Å². The van der Waals surface area contributed by atoms with Gasteiger partial charge in [0, 0.05) is 31.7 Å². The van der Waals surface area contributed by atoms with Crippen molar-refractivity contribution in [3.8, 4) is 0 Å². The van der Waals surface area contributed by atoms with E-state index in [0.717, 1.165) is 45.3 Å². The first-order chi connectivity index (χ1) is 11.1. The summed E-state index contributed by atoms with van der Waals surface area (Å²) in [7, 11) is 0. The fourth-order valence-electron chi connectivity index (χ4n) is 4.42. The number of carbonyl (C=O) groups excluding carboxylic acids is 1. The summed E-state index contributed by atoms with van der Waals surface area (Å²) < 4.78 is 5.89. The Morgan fingerprint density at radius 1 is 1.13 bits per heavy atom. The van der Waals surface area contributed by atoms with Crippen molar-refractivity contribution in [3.05, 3.63) is 0 Å². The summed E-state index contributed by atoms with van der Waals surface area (Å²) in [5.74, 6) is 0.320. The van der Waals surface area contributed by atoms with Gasteiger partial charge in [0.2, 0.25) is 5.91 Å². The van der Waals surface area contributed by atoms with Crippen LogP contribution in [-0.2, 0) is 9.53 Å². The van der Waals surface area contributed by atoms with Gasteiger partial charge < -0.3 is 15.0 Å². The van der Waals surface area contributed by atoms with Crippen molar-refractivity contribution in [2.75, 3.05) is 32.8 Å². The number of morpholine rings is 1. The van der Waals surface area contributed by atoms with E-state index in [1.807, 2.05) is 0 Å². The normalized spacial score (nSPS) is 30.5. The van der Waals surface area contributed by atoms with Crippen LogP contribution < -0.4 is 5.32 Å². The summed E-state index contributed by atoms with van der Waals surface area (Å²) >= 11 is 0. The van der Waals surface area contributed by atoms with Crippen LogP contribution in [0.15, 0.2) is 0 Å². The SMILES string of the molecule is CC(C)NC1CCN(CC(=O)N2CCO[C@H]3CCCC[C@H]32)CC1. The molecule has 5 heteroatoms. The highest BCUT2D eigenvalue weighted by Gasteiger charge is 2.37. The number of nitrogens with one attached hydrogen (secondary N) is 1. The molecule has 0 radical (unpaired) electrons. The van der Waals surface area contributed by atoms with Crippen molar-refractivity contribution in [1.29, 1.82) is 0 Å². The van der Waals surface area contributed by atoms with E-state index < -0.39 is 0 Å². The van der Waals surface area contributed by atoms with E-state index in [-0.39, 0.29) is 0 Å². The second-order valence-corrected chi connectivity index (χ2v) is 7.72. The number of nitrogens with zero attached hydrogens (tertiary/aromatic N) is 2. The molecule has 3 rings (SSSR count). The Labute approximate surface area is 140 Å². The number of ether oxygens (including phenoxy) is 1. The number of carbonyl (C=O) groups is 1. The van der Waals surface area contributed by atoms with Crippen LogP contribution in [0.4, 0.5) is 0 Å². The van der Waals surface area contributed by atoms with E-state index in [1.165, 1.54) is 12.8 Å². The van der Waals surface area contributed by atoms with Gasteiger partial charge in [0.15, 0.2) is 0 Å². The van der Waals surface area contributed by atoms with E-state index in [2.05, 4.69) is 29.0 Å². The zero-order valence-electron chi connectivity index (χ0n) is 14.8. The minimum absolute atomic E-state index is 0.294. The Morgan fingerprint density at radius 3 is 2.61 bits per heavy atom. The molecule has 1 N–H and O–H groups in total. The Balaban J connectivity index is 1.47. The van der Waals surface area contributed by atoms with Crippen LogP contribution in [-0.4, -0.2) is 72.7 Å². The van der Waals surface area contributed by atoms with Gasteiger partial charge in [0.25, 0.3) is 0 Å². The third kappa shape index (κ3) is 4.46. The monoisotopic (exact) mass is 323 g/mol. The molecule has 0 unspecified atom stereocenters. The van der Waals surface area contributed by atoms with Gasteiger partial charge in [-0.05, 0) is 25.7 Å². The maximum absolute atomic E-state index is 12.8. The quantitative estimate of drug-likeness (QED) is 0.854. The Hall–Kier alpha value is -0.650. The summed E-state index contributed by atoms with van der Waals surface area (Å²) in [6, 6.07) is 1.50. The van der Waals surface area contributed by atoms with E-state index in [4.69, 9.17) is 4.74 Å². The highest BCUT2D eigenvalue weighted by Crippen LogP contribution is 2.28. The van der Waals surface area contributed by atoms with Gasteiger partial charge in [-0.1, -0.05) is 26.7 Å². The number of rotatable bonds is 4. The first-order valence-electron chi connectivity index (χ1n) is 9.53. The number of amides is 1. The van der Waals surface area contributed by atoms with Gasteiger partial charge >= 0.3 is 0 Å². The highest BCUT2D eigenvalue weighted by molar-refractivity contribution is 5.78. The van der Waals surface area contributed by atoms with Crippen molar-refractivity contribution in [2.45, 2.75) is 76.6 Å². The zero-order chi connectivity index (χ0) is 16.2. The average molecular weight is 323 g/mol. The lowest BCUT2D eigenvalue weighted by Crippen LogP contribution is -2.57. The van der Waals surface area contributed by atoms with E-state index in [1.54, 1.807) is 0 Å². The van der Waals surface area contributed by atoms with Crippen LogP contribution in [0, 0.1) is 0 Å². The minimum Gasteiger partial charge on any atom is -0.374 e. The molecule has 1 amide bonds. The van der Waals surface area contributed by atoms with E-state index >= 15 is 0 Å². The van der Waals surface area contributed by atoms with Crippen molar-refractivity contribution in [1.82, 2.24) is 15.1 Å². The molecule has 3 aliphatic rings. The molecule has 0 bridgehead atoms. The molecule has 3 fully saturated rings. The molecule has 0 aromatic heterocycles.